The molecular weight excluding hydrogens is 260 g/mol. The smallest absolute Gasteiger partial charge is 0.287 e. The highest BCUT2D eigenvalue weighted by molar-refractivity contribution is 5.91. The van der Waals surface area contributed by atoms with Crippen LogP contribution in [0.25, 0.3) is 5.69 Å². The summed E-state index contributed by atoms with van der Waals surface area (Å²) in [6, 6.07) is 3.52. The van der Waals surface area contributed by atoms with Crippen LogP contribution in [0, 0.1) is 6.92 Å². The molecule has 2 rings (SSSR count). The largest absolute Gasteiger partial charge is 0.301 e. The van der Waals surface area contributed by atoms with Crippen LogP contribution >= 0.6 is 0 Å². The molecule has 0 saturated carbocycles. The van der Waals surface area contributed by atoms with Gasteiger partial charge < -0.3 is 0 Å². The third kappa shape index (κ3) is 2.57. The second-order valence-electron chi connectivity index (χ2n) is 4.13. The minimum atomic E-state index is -0.598. The molecule has 0 bridgehead atoms. The van der Waals surface area contributed by atoms with Crippen LogP contribution in [0.5, 0.6) is 0 Å². The van der Waals surface area contributed by atoms with Gasteiger partial charge in [0, 0.05) is 25.0 Å². The van der Waals surface area contributed by atoms with Crippen molar-refractivity contribution in [2.45, 2.75) is 6.92 Å². The van der Waals surface area contributed by atoms with Gasteiger partial charge in [-0.25, -0.2) is 9.75 Å². The Hall–Kier alpha value is -2.54. The van der Waals surface area contributed by atoms with E-state index in [4.69, 9.17) is 4.84 Å². The molecule has 0 aromatic carbocycles. The highest BCUT2D eigenvalue weighted by atomic mass is 16.7. The van der Waals surface area contributed by atoms with Gasteiger partial charge >= 0.3 is 5.91 Å². The molecule has 0 atom stereocenters. The van der Waals surface area contributed by atoms with Crippen LogP contribution in [0.4, 0.5) is 0 Å². The van der Waals surface area contributed by atoms with Crippen LogP contribution in [-0.2, 0) is 4.84 Å². The Balaban J connectivity index is 2.57. The maximum absolute atomic E-state index is 12.0. The average molecular weight is 274 g/mol. The Morgan fingerprint density at radius 1 is 1.45 bits per heavy atom. The van der Waals surface area contributed by atoms with Crippen LogP contribution in [-0.4, -0.2) is 39.9 Å². The minimum absolute atomic E-state index is 0.196. The molecular formula is C13H14N4O3. The summed E-state index contributed by atoms with van der Waals surface area (Å²) < 4.78 is 1.44. The fraction of sp³-hybridized carbons (Fsp3) is 0.231. The molecule has 7 heteroatoms. The maximum Gasteiger partial charge on any atom is 0.301 e. The standard InChI is InChI=1S/C13H14N4O3/c1-9-8-17(10-5-4-6-14-7-10)15-11(12(9)18)13(19)16(2)20-3/h4-8H,1-3H3. The normalized spacial score (nSPS) is 10.3. The fourth-order valence-corrected chi connectivity index (χ4v) is 1.60. The summed E-state index contributed by atoms with van der Waals surface area (Å²) in [6.07, 6.45) is 4.78. The van der Waals surface area contributed by atoms with Gasteiger partial charge in [-0.3, -0.25) is 19.4 Å². The SMILES string of the molecule is CON(C)C(=O)c1nn(-c2cccnc2)cc(C)c1=O. The lowest BCUT2D eigenvalue weighted by atomic mass is 10.2. The Morgan fingerprint density at radius 3 is 2.80 bits per heavy atom. The highest BCUT2D eigenvalue weighted by Gasteiger charge is 2.19. The molecule has 2 aromatic rings. The third-order valence-corrected chi connectivity index (χ3v) is 2.77. The van der Waals surface area contributed by atoms with Gasteiger partial charge in [0.1, 0.15) is 0 Å². The Morgan fingerprint density at radius 2 is 2.20 bits per heavy atom. The molecule has 0 aliphatic rings. The van der Waals surface area contributed by atoms with Crippen LogP contribution < -0.4 is 5.43 Å². The van der Waals surface area contributed by atoms with Crippen molar-refractivity contribution in [3.8, 4) is 5.69 Å². The van der Waals surface area contributed by atoms with Crippen molar-refractivity contribution in [3.63, 3.8) is 0 Å². The van der Waals surface area contributed by atoms with E-state index in [1.165, 1.54) is 18.8 Å². The molecule has 2 heterocycles. The summed E-state index contributed by atoms with van der Waals surface area (Å²) in [5.74, 6) is -0.598. The molecule has 0 N–H and O–H groups in total. The van der Waals surface area contributed by atoms with E-state index in [0.29, 0.717) is 11.3 Å². The van der Waals surface area contributed by atoms with Gasteiger partial charge in [0.2, 0.25) is 5.43 Å². The molecule has 0 radical (unpaired) electrons. The summed E-state index contributed by atoms with van der Waals surface area (Å²) in [5, 5.41) is 5.02. The number of amides is 1. The van der Waals surface area contributed by atoms with Crippen molar-refractivity contribution >= 4 is 5.91 Å². The zero-order valence-electron chi connectivity index (χ0n) is 11.4. The predicted octanol–water partition coefficient (Wildman–Crippen LogP) is 0.569. The molecule has 2 aromatic heterocycles. The van der Waals surface area contributed by atoms with Crippen molar-refractivity contribution in [1.82, 2.24) is 19.8 Å². The maximum atomic E-state index is 12.0. The molecule has 7 nitrogen and oxygen atoms in total. The Kier molecular flexibility index (Phi) is 3.90. The molecule has 0 aliphatic carbocycles. The van der Waals surface area contributed by atoms with Crippen molar-refractivity contribution in [3.05, 3.63) is 52.2 Å². The Bertz CT molecular complexity index is 682. The van der Waals surface area contributed by atoms with Gasteiger partial charge in [0.15, 0.2) is 5.69 Å². The van der Waals surface area contributed by atoms with Crippen LogP contribution in [0.3, 0.4) is 0 Å². The number of rotatable bonds is 3. The van der Waals surface area contributed by atoms with Gasteiger partial charge in [-0.15, -0.1) is 0 Å². The van der Waals surface area contributed by atoms with Crippen molar-refractivity contribution in [1.29, 1.82) is 0 Å². The van der Waals surface area contributed by atoms with E-state index >= 15 is 0 Å². The van der Waals surface area contributed by atoms with E-state index in [1.807, 2.05) is 0 Å². The summed E-state index contributed by atoms with van der Waals surface area (Å²) in [7, 11) is 2.76. The number of pyridine rings is 1. The molecule has 0 aliphatic heterocycles. The van der Waals surface area contributed by atoms with Gasteiger partial charge in [-0.1, -0.05) is 0 Å². The molecule has 0 spiro atoms. The number of hydroxylamine groups is 2. The zero-order valence-corrected chi connectivity index (χ0v) is 11.4. The lowest BCUT2D eigenvalue weighted by Gasteiger charge is -2.14. The number of hydrogen-bond donors (Lipinski definition) is 0. The number of carbonyl (C=O) groups excluding carboxylic acids is 1. The molecule has 0 fully saturated rings. The Labute approximate surface area is 115 Å². The quantitative estimate of drug-likeness (QED) is 0.765. The lowest BCUT2D eigenvalue weighted by Crippen LogP contribution is -2.33. The first-order valence-corrected chi connectivity index (χ1v) is 5.87. The van der Waals surface area contributed by atoms with Gasteiger partial charge in [-0.05, 0) is 19.1 Å². The topological polar surface area (TPSA) is 77.3 Å². The summed E-state index contributed by atoms with van der Waals surface area (Å²) >= 11 is 0. The number of aryl methyl sites for hydroxylation is 1. The van der Waals surface area contributed by atoms with Gasteiger partial charge in [0.05, 0.1) is 19.0 Å². The first-order valence-electron chi connectivity index (χ1n) is 5.87. The van der Waals surface area contributed by atoms with Crippen molar-refractivity contribution in [2.75, 3.05) is 14.2 Å². The highest BCUT2D eigenvalue weighted by Crippen LogP contribution is 2.05. The molecule has 20 heavy (non-hydrogen) atoms. The summed E-state index contributed by atoms with van der Waals surface area (Å²) in [4.78, 5) is 32.8. The molecule has 104 valence electrons. The van der Waals surface area contributed by atoms with E-state index in [2.05, 4.69) is 10.1 Å². The van der Waals surface area contributed by atoms with E-state index in [-0.39, 0.29) is 5.69 Å². The molecule has 0 unspecified atom stereocenters. The van der Waals surface area contributed by atoms with Crippen LogP contribution in [0.2, 0.25) is 0 Å². The van der Waals surface area contributed by atoms with Gasteiger partial charge in [-0.2, -0.15) is 5.10 Å². The summed E-state index contributed by atoms with van der Waals surface area (Å²) in [6.45, 7) is 1.63. The van der Waals surface area contributed by atoms with Crippen LogP contribution in [0.15, 0.2) is 35.5 Å². The number of aromatic nitrogens is 3. The first-order chi connectivity index (χ1) is 9.54. The molecule has 1 amide bonds. The summed E-state index contributed by atoms with van der Waals surface area (Å²) in [5.41, 5.74) is 0.457. The third-order valence-electron chi connectivity index (χ3n) is 2.77. The zero-order chi connectivity index (χ0) is 14.7. The predicted molar refractivity (Wildman–Crippen MR) is 71.5 cm³/mol. The second kappa shape index (κ2) is 5.62. The number of hydrogen-bond acceptors (Lipinski definition) is 5. The minimum Gasteiger partial charge on any atom is -0.287 e. The van der Waals surface area contributed by atoms with E-state index in [9.17, 15) is 9.59 Å². The monoisotopic (exact) mass is 274 g/mol. The lowest BCUT2D eigenvalue weighted by molar-refractivity contribution is -0.0762. The van der Waals surface area contributed by atoms with E-state index < -0.39 is 11.3 Å². The van der Waals surface area contributed by atoms with Crippen molar-refractivity contribution < 1.29 is 9.63 Å². The number of carbonyl (C=O) groups is 1. The fourth-order valence-electron chi connectivity index (χ4n) is 1.60. The van der Waals surface area contributed by atoms with E-state index in [1.54, 1.807) is 37.6 Å². The van der Waals surface area contributed by atoms with E-state index in [0.717, 1.165) is 5.06 Å². The van der Waals surface area contributed by atoms with Crippen molar-refractivity contribution in [2.24, 2.45) is 0 Å². The average Bonchev–Trinajstić information content (AvgIpc) is 2.49. The number of nitrogens with zero attached hydrogens (tertiary/aromatic N) is 4. The molecule has 0 saturated heterocycles. The van der Waals surface area contributed by atoms with Gasteiger partial charge in [0.25, 0.3) is 0 Å². The first kappa shape index (κ1) is 13.9. The van der Waals surface area contributed by atoms with Crippen LogP contribution in [0.1, 0.15) is 16.1 Å². The second-order valence-corrected chi connectivity index (χ2v) is 4.13.